The van der Waals surface area contributed by atoms with Gasteiger partial charge in [-0.05, 0) is 35.9 Å². The summed E-state index contributed by atoms with van der Waals surface area (Å²) in [5.41, 5.74) is 3.66. The highest BCUT2D eigenvalue weighted by Crippen LogP contribution is 2.48. The summed E-state index contributed by atoms with van der Waals surface area (Å²) in [6, 6.07) is 10.2. The van der Waals surface area contributed by atoms with Gasteiger partial charge in [-0.1, -0.05) is 58.0 Å². The van der Waals surface area contributed by atoms with Gasteiger partial charge in [0.25, 0.3) is 11.6 Å². The largest absolute Gasteiger partial charge is 0.496 e. The Morgan fingerprint density at radius 1 is 1.00 bits per heavy atom. The lowest BCUT2D eigenvalue weighted by Gasteiger charge is -2.15. The van der Waals surface area contributed by atoms with E-state index in [0.717, 1.165) is 0 Å². The molecule has 1 amide bonds. The molecule has 0 unspecified atom stereocenters. The molecular weight excluding hydrogens is 564 g/mol. The van der Waals surface area contributed by atoms with Crippen molar-refractivity contribution in [2.75, 3.05) is 7.11 Å². The van der Waals surface area contributed by atoms with Crippen LogP contribution in [0.1, 0.15) is 21.5 Å². The number of non-ortho nitro benzene ring substituents is 1. The fourth-order valence-corrected chi connectivity index (χ4v) is 4.05. The van der Waals surface area contributed by atoms with E-state index in [1.54, 1.807) is 18.2 Å². The molecule has 35 heavy (non-hydrogen) atoms. The van der Waals surface area contributed by atoms with E-state index in [1.165, 1.54) is 37.6 Å². The van der Waals surface area contributed by atoms with Gasteiger partial charge in [0.2, 0.25) is 0 Å². The van der Waals surface area contributed by atoms with Crippen LogP contribution in [-0.2, 0) is 6.61 Å². The molecule has 0 aliphatic carbocycles. The van der Waals surface area contributed by atoms with Crippen molar-refractivity contribution < 1.29 is 19.2 Å². The highest BCUT2D eigenvalue weighted by atomic mass is 35.5. The Balaban J connectivity index is 1.74. The number of rotatable bonds is 8. The van der Waals surface area contributed by atoms with Gasteiger partial charge < -0.3 is 9.47 Å². The fourth-order valence-electron chi connectivity index (χ4n) is 2.82. The minimum atomic E-state index is -0.553. The van der Waals surface area contributed by atoms with Crippen molar-refractivity contribution in [3.05, 3.63) is 94.4 Å². The summed E-state index contributed by atoms with van der Waals surface area (Å²) in [4.78, 5) is 22.4. The van der Waals surface area contributed by atoms with Gasteiger partial charge in [0.15, 0.2) is 5.75 Å². The lowest BCUT2D eigenvalue weighted by Crippen LogP contribution is -2.17. The van der Waals surface area contributed by atoms with Crippen molar-refractivity contribution >= 4 is 75.8 Å². The third-order valence-corrected chi connectivity index (χ3v) is 6.81. The van der Waals surface area contributed by atoms with E-state index in [9.17, 15) is 14.9 Å². The minimum Gasteiger partial charge on any atom is -0.496 e. The molecular formula is C22H14Cl5N3O5. The molecule has 182 valence electrons. The van der Waals surface area contributed by atoms with Crippen LogP contribution in [0, 0.1) is 10.1 Å². The van der Waals surface area contributed by atoms with E-state index < -0.39 is 10.8 Å². The number of halogens is 5. The summed E-state index contributed by atoms with van der Waals surface area (Å²) < 4.78 is 11.1. The van der Waals surface area contributed by atoms with Gasteiger partial charge in [0, 0.05) is 23.3 Å². The molecule has 0 bridgehead atoms. The number of hydrogen-bond acceptors (Lipinski definition) is 6. The number of methoxy groups -OCH3 is 1. The number of benzene rings is 3. The predicted octanol–water partition coefficient (Wildman–Crippen LogP) is 7.21. The van der Waals surface area contributed by atoms with Crippen LogP contribution in [0.5, 0.6) is 11.5 Å². The maximum Gasteiger partial charge on any atom is 0.271 e. The highest BCUT2D eigenvalue weighted by molar-refractivity contribution is 6.55. The smallest absolute Gasteiger partial charge is 0.271 e. The number of nitrogens with one attached hydrogen (secondary N) is 1. The Morgan fingerprint density at radius 2 is 1.60 bits per heavy atom. The van der Waals surface area contributed by atoms with Crippen molar-refractivity contribution in [2.24, 2.45) is 5.10 Å². The van der Waals surface area contributed by atoms with E-state index >= 15 is 0 Å². The number of nitro groups is 1. The van der Waals surface area contributed by atoms with Crippen LogP contribution in [0.15, 0.2) is 47.6 Å². The summed E-state index contributed by atoms with van der Waals surface area (Å²) in [6.45, 7) is -0.0201. The van der Waals surface area contributed by atoms with Crippen LogP contribution in [0.2, 0.25) is 25.1 Å². The maximum atomic E-state index is 12.2. The Labute approximate surface area is 224 Å². The maximum absolute atomic E-state index is 12.2. The third kappa shape index (κ3) is 6.28. The second-order valence-electron chi connectivity index (χ2n) is 6.76. The quantitative estimate of drug-likeness (QED) is 0.100. The first kappa shape index (κ1) is 26.8. The van der Waals surface area contributed by atoms with Crippen LogP contribution in [-0.4, -0.2) is 24.2 Å². The van der Waals surface area contributed by atoms with E-state index in [4.69, 9.17) is 67.5 Å². The van der Waals surface area contributed by atoms with Gasteiger partial charge in [-0.15, -0.1) is 0 Å². The highest BCUT2D eigenvalue weighted by Gasteiger charge is 2.21. The van der Waals surface area contributed by atoms with E-state index in [1.807, 2.05) is 0 Å². The Kier molecular flexibility index (Phi) is 9.04. The lowest BCUT2D eigenvalue weighted by molar-refractivity contribution is -0.384. The Bertz CT molecular complexity index is 1290. The van der Waals surface area contributed by atoms with Gasteiger partial charge in [-0.3, -0.25) is 14.9 Å². The molecule has 0 radical (unpaired) electrons. The van der Waals surface area contributed by atoms with Crippen molar-refractivity contribution in [1.82, 2.24) is 5.43 Å². The molecule has 0 aliphatic rings. The van der Waals surface area contributed by atoms with Gasteiger partial charge in [0.05, 0.1) is 33.3 Å². The predicted molar refractivity (Wildman–Crippen MR) is 137 cm³/mol. The second-order valence-corrected chi connectivity index (χ2v) is 8.65. The molecule has 3 aromatic carbocycles. The molecule has 3 rings (SSSR count). The number of amides is 1. The van der Waals surface area contributed by atoms with Crippen LogP contribution in [0.25, 0.3) is 0 Å². The van der Waals surface area contributed by atoms with E-state index in [-0.39, 0.29) is 48.7 Å². The summed E-state index contributed by atoms with van der Waals surface area (Å²) in [5.74, 6) is 0.0358. The molecule has 0 aromatic heterocycles. The minimum absolute atomic E-state index is 0.00865. The number of ether oxygens (including phenoxy) is 2. The van der Waals surface area contributed by atoms with Crippen LogP contribution < -0.4 is 14.9 Å². The van der Waals surface area contributed by atoms with E-state index in [0.29, 0.717) is 16.9 Å². The molecule has 0 heterocycles. The zero-order valence-corrected chi connectivity index (χ0v) is 21.4. The number of nitro benzene ring substituents is 1. The number of carbonyl (C=O) groups excluding carboxylic acids is 1. The van der Waals surface area contributed by atoms with Gasteiger partial charge in [-0.25, -0.2) is 5.43 Å². The first-order valence-corrected chi connectivity index (χ1v) is 11.4. The summed E-state index contributed by atoms with van der Waals surface area (Å²) >= 11 is 30.6. The standard InChI is InChI=1S/C22H14Cl5N3O5/c1-34-15-7-2-11(9-28-29-22(31)12-3-5-14(6-4-12)30(32)33)8-13(15)10-35-21-19(26)17(24)16(23)18(25)20(21)27/h2-9H,10H2,1H3,(H,29,31). The summed E-state index contributed by atoms with van der Waals surface area (Å²) in [6.07, 6.45) is 1.40. The number of carbonyl (C=O) groups is 1. The number of hydrazone groups is 1. The molecule has 3 aromatic rings. The first-order valence-electron chi connectivity index (χ1n) is 9.53. The van der Waals surface area contributed by atoms with Crippen molar-refractivity contribution in [3.8, 4) is 11.5 Å². The first-order chi connectivity index (χ1) is 16.6. The average molecular weight is 578 g/mol. The zero-order chi connectivity index (χ0) is 25.7. The summed E-state index contributed by atoms with van der Waals surface area (Å²) in [5, 5.41) is 14.7. The molecule has 0 atom stereocenters. The SMILES string of the molecule is COc1ccc(C=NNC(=O)c2ccc([N+](=O)[O-])cc2)cc1COc1c(Cl)c(Cl)c(Cl)c(Cl)c1Cl. The van der Waals surface area contributed by atoms with Gasteiger partial charge >= 0.3 is 0 Å². The number of hydrogen-bond donors (Lipinski definition) is 1. The van der Waals surface area contributed by atoms with Crippen LogP contribution in [0.4, 0.5) is 5.69 Å². The second kappa shape index (κ2) is 11.8. The number of nitrogens with zero attached hydrogens (tertiary/aromatic N) is 2. The molecule has 1 N–H and O–H groups in total. The Morgan fingerprint density at radius 3 is 2.17 bits per heavy atom. The van der Waals surface area contributed by atoms with Crippen LogP contribution >= 0.6 is 58.0 Å². The molecule has 13 heteroatoms. The Hall–Kier alpha value is -2.75. The normalized spacial score (nSPS) is 10.9. The topological polar surface area (TPSA) is 103 Å². The average Bonchev–Trinajstić information content (AvgIpc) is 2.86. The lowest BCUT2D eigenvalue weighted by atomic mass is 10.1. The molecule has 0 saturated heterocycles. The summed E-state index contributed by atoms with van der Waals surface area (Å²) in [7, 11) is 1.49. The van der Waals surface area contributed by atoms with Crippen molar-refractivity contribution in [2.45, 2.75) is 6.61 Å². The van der Waals surface area contributed by atoms with Gasteiger partial charge in [-0.2, -0.15) is 5.10 Å². The molecule has 8 nitrogen and oxygen atoms in total. The van der Waals surface area contributed by atoms with Gasteiger partial charge in [0.1, 0.15) is 22.4 Å². The monoisotopic (exact) mass is 575 g/mol. The molecule has 0 aliphatic heterocycles. The van der Waals surface area contributed by atoms with Crippen LogP contribution in [0.3, 0.4) is 0 Å². The fraction of sp³-hybridized carbons (Fsp3) is 0.0909. The zero-order valence-electron chi connectivity index (χ0n) is 17.7. The van der Waals surface area contributed by atoms with E-state index in [2.05, 4.69) is 10.5 Å². The molecule has 0 fully saturated rings. The van der Waals surface area contributed by atoms with Crippen molar-refractivity contribution in [3.63, 3.8) is 0 Å². The molecule has 0 spiro atoms. The van der Waals surface area contributed by atoms with Crippen molar-refractivity contribution in [1.29, 1.82) is 0 Å². The molecule has 0 saturated carbocycles. The third-order valence-electron chi connectivity index (χ3n) is 4.57.